The first-order chi connectivity index (χ1) is 10.2. The fourth-order valence-electron chi connectivity index (χ4n) is 2.37. The first-order valence-electron chi connectivity index (χ1n) is 6.79. The maximum Gasteiger partial charge on any atom is 0.160 e. The second-order valence-electron chi connectivity index (χ2n) is 5.04. The maximum absolute atomic E-state index is 13.0. The standard InChI is InChI=1S/C16H15ClFN3/c1-11-8-14-16(19-9-11)21(15(20-14)6-7-17)10-12-2-4-13(18)5-3-12/h2-5,8-9H,6-7,10H2,1H3. The Morgan fingerprint density at radius 2 is 2.00 bits per heavy atom. The van der Waals surface area contributed by atoms with Crippen molar-refractivity contribution in [2.75, 3.05) is 5.88 Å². The molecule has 2 aromatic heterocycles. The number of aryl methyl sites for hydroxylation is 2. The number of pyridine rings is 1. The lowest BCUT2D eigenvalue weighted by Crippen LogP contribution is -2.06. The van der Waals surface area contributed by atoms with Gasteiger partial charge in [0.05, 0.1) is 6.54 Å². The van der Waals surface area contributed by atoms with Gasteiger partial charge in [0, 0.05) is 18.5 Å². The van der Waals surface area contributed by atoms with Crippen LogP contribution in [0.2, 0.25) is 0 Å². The molecule has 0 saturated heterocycles. The number of benzene rings is 1. The molecule has 0 atom stereocenters. The topological polar surface area (TPSA) is 30.7 Å². The van der Waals surface area contributed by atoms with Crippen molar-refractivity contribution in [3.05, 3.63) is 59.3 Å². The summed E-state index contributed by atoms with van der Waals surface area (Å²) in [5, 5.41) is 0. The highest BCUT2D eigenvalue weighted by molar-refractivity contribution is 6.17. The molecule has 0 aliphatic rings. The quantitative estimate of drug-likeness (QED) is 0.688. The molecule has 1 aromatic carbocycles. The molecule has 0 N–H and O–H groups in total. The average Bonchev–Trinajstić information content (AvgIpc) is 2.79. The average molecular weight is 304 g/mol. The van der Waals surface area contributed by atoms with E-state index in [0.717, 1.165) is 28.1 Å². The maximum atomic E-state index is 13.0. The van der Waals surface area contributed by atoms with E-state index in [4.69, 9.17) is 11.6 Å². The fraction of sp³-hybridized carbons (Fsp3) is 0.250. The molecule has 108 valence electrons. The molecule has 3 nitrogen and oxygen atoms in total. The van der Waals surface area contributed by atoms with Crippen LogP contribution in [-0.2, 0) is 13.0 Å². The van der Waals surface area contributed by atoms with E-state index in [0.29, 0.717) is 18.8 Å². The molecule has 0 spiro atoms. The molecule has 21 heavy (non-hydrogen) atoms. The lowest BCUT2D eigenvalue weighted by molar-refractivity contribution is 0.626. The first kappa shape index (κ1) is 14.0. The van der Waals surface area contributed by atoms with Gasteiger partial charge in [-0.3, -0.25) is 0 Å². The lowest BCUT2D eigenvalue weighted by atomic mass is 10.2. The summed E-state index contributed by atoms with van der Waals surface area (Å²) in [5.41, 5.74) is 3.79. The van der Waals surface area contributed by atoms with Gasteiger partial charge >= 0.3 is 0 Å². The minimum absolute atomic E-state index is 0.232. The van der Waals surface area contributed by atoms with Crippen molar-refractivity contribution in [1.29, 1.82) is 0 Å². The Morgan fingerprint density at radius 3 is 2.71 bits per heavy atom. The number of rotatable bonds is 4. The summed E-state index contributed by atoms with van der Waals surface area (Å²) in [4.78, 5) is 9.10. The van der Waals surface area contributed by atoms with E-state index in [-0.39, 0.29) is 5.82 Å². The third-order valence-corrected chi connectivity index (χ3v) is 3.56. The van der Waals surface area contributed by atoms with Gasteiger partial charge in [-0.15, -0.1) is 11.6 Å². The Labute approximate surface area is 127 Å². The van der Waals surface area contributed by atoms with E-state index in [2.05, 4.69) is 9.97 Å². The van der Waals surface area contributed by atoms with Crippen molar-refractivity contribution in [3.8, 4) is 0 Å². The van der Waals surface area contributed by atoms with Gasteiger partial charge in [0.15, 0.2) is 5.65 Å². The minimum Gasteiger partial charge on any atom is -0.308 e. The Hall–Kier alpha value is -1.94. The number of fused-ring (bicyclic) bond motifs is 1. The smallest absolute Gasteiger partial charge is 0.160 e. The predicted octanol–water partition coefficient (Wildman–Crippen LogP) is 3.71. The molecule has 3 rings (SSSR count). The summed E-state index contributed by atoms with van der Waals surface area (Å²) in [7, 11) is 0. The summed E-state index contributed by atoms with van der Waals surface area (Å²) in [6.07, 6.45) is 2.51. The van der Waals surface area contributed by atoms with Crippen molar-refractivity contribution in [2.45, 2.75) is 19.9 Å². The molecule has 0 unspecified atom stereocenters. The normalized spacial score (nSPS) is 11.2. The van der Waals surface area contributed by atoms with E-state index < -0.39 is 0 Å². The van der Waals surface area contributed by atoms with Gasteiger partial charge in [0.2, 0.25) is 0 Å². The largest absolute Gasteiger partial charge is 0.308 e. The number of hydrogen-bond donors (Lipinski definition) is 0. The second kappa shape index (κ2) is 5.82. The van der Waals surface area contributed by atoms with Gasteiger partial charge in [0.25, 0.3) is 0 Å². The van der Waals surface area contributed by atoms with E-state index in [1.54, 1.807) is 12.1 Å². The number of halogens is 2. The highest BCUT2D eigenvalue weighted by Gasteiger charge is 2.12. The number of aromatic nitrogens is 3. The van der Waals surface area contributed by atoms with Gasteiger partial charge in [-0.1, -0.05) is 12.1 Å². The second-order valence-corrected chi connectivity index (χ2v) is 5.41. The molecule has 0 aliphatic heterocycles. The third kappa shape index (κ3) is 2.90. The van der Waals surface area contributed by atoms with E-state index in [1.807, 2.05) is 23.8 Å². The monoisotopic (exact) mass is 303 g/mol. The zero-order valence-electron chi connectivity index (χ0n) is 11.7. The van der Waals surface area contributed by atoms with E-state index in [9.17, 15) is 4.39 Å². The molecule has 0 aliphatic carbocycles. The van der Waals surface area contributed by atoms with Gasteiger partial charge in [-0.25, -0.2) is 14.4 Å². The summed E-state index contributed by atoms with van der Waals surface area (Å²) in [6, 6.07) is 8.50. The molecule has 0 bridgehead atoms. The predicted molar refractivity (Wildman–Crippen MR) is 82.2 cm³/mol. The van der Waals surface area contributed by atoms with Crippen LogP contribution in [0.25, 0.3) is 11.2 Å². The molecule has 0 amide bonds. The summed E-state index contributed by atoms with van der Waals surface area (Å²) >= 11 is 5.87. The number of imidazole rings is 1. The van der Waals surface area contributed by atoms with Crippen molar-refractivity contribution >= 4 is 22.8 Å². The van der Waals surface area contributed by atoms with Crippen LogP contribution in [0.1, 0.15) is 17.0 Å². The molecule has 0 radical (unpaired) electrons. The lowest BCUT2D eigenvalue weighted by Gasteiger charge is -2.08. The Balaban J connectivity index is 2.06. The number of nitrogens with zero attached hydrogens (tertiary/aromatic N) is 3. The molecular weight excluding hydrogens is 289 g/mol. The molecule has 3 aromatic rings. The van der Waals surface area contributed by atoms with Crippen molar-refractivity contribution in [3.63, 3.8) is 0 Å². The molecule has 0 fully saturated rings. The number of hydrogen-bond acceptors (Lipinski definition) is 2. The highest BCUT2D eigenvalue weighted by Crippen LogP contribution is 2.18. The van der Waals surface area contributed by atoms with Crippen LogP contribution in [0.15, 0.2) is 36.5 Å². The van der Waals surface area contributed by atoms with Gasteiger partial charge < -0.3 is 4.57 Å². The Morgan fingerprint density at radius 1 is 1.24 bits per heavy atom. The molecular formula is C16H15ClFN3. The van der Waals surface area contributed by atoms with Crippen molar-refractivity contribution in [1.82, 2.24) is 14.5 Å². The van der Waals surface area contributed by atoms with Crippen molar-refractivity contribution < 1.29 is 4.39 Å². The van der Waals surface area contributed by atoms with Crippen LogP contribution in [0.3, 0.4) is 0 Å². The van der Waals surface area contributed by atoms with Crippen LogP contribution in [0.5, 0.6) is 0 Å². The molecule has 2 heterocycles. The highest BCUT2D eigenvalue weighted by atomic mass is 35.5. The molecule has 5 heteroatoms. The summed E-state index contributed by atoms with van der Waals surface area (Å²) < 4.78 is 15.1. The Kier molecular flexibility index (Phi) is 3.88. The minimum atomic E-state index is -0.232. The Bertz CT molecular complexity index is 765. The van der Waals surface area contributed by atoms with Crippen LogP contribution < -0.4 is 0 Å². The SMILES string of the molecule is Cc1cnc2c(c1)nc(CCCl)n2Cc1ccc(F)cc1. The molecule has 0 saturated carbocycles. The van der Waals surface area contributed by atoms with Crippen LogP contribution in [0, 0.1) is 12.7 Å². The summed E-state index contributed by atoms with van der Waals surface area (Å²) in [5.74, 6) is 1.18. The summed E-state index contributed by atoms with van der Waals surface area (Å²) in [6.45, 7) is 2.60. The fourth-order valence-corrected chi connectivity index (χ4v) is 2.54. The van der Waals surface area contributed by atoms with E-state index in [1.165, 1.54) is 12.1 Å². The van der Waals surface area contributed by atoms with Gasteiger partial charge in [-0.05, 0) is 36.2 Å². The third-order valence-electron chi connectivity index (χ3n) is 3.37. The van der Waals surface area contributed by atoms with Gasteiger partial charge in [-0.2, -0.15) is 0 Å². The van der Waals surface area contributed by atoms with Crippen LogP contribution in [-0.4, -0.2) is 20.4 Å². The van der Waals surface area contributed by atoms with Crippen molar-refractivity contribution in [2.24, 2.45) is 0 Å². The van der Waals surface area contributed by atoms with Crippen LogP contribution in [0.4, 0.5) is 4.39 Å². The van der Waals surface area contributed by atoms with Gasteiger partial charge in [0.1, 0.15) is 17.2 Å². The first-order valence-corrected chi connectivity index (χ1v) is 7.33. The zero-order chi connectivity index (χ0) is 14.8. The number of alkyl halides is 1. The van der Waals surface area contributed by atoms with E-state index >= 15 is 0 Å². The van der Waals surface area contributed by atoms with Crippen LogP contribution >= 0.6 is 11.6 Å². The zero-order valence-corrected chi connectivity index (χ0v) is 12.4.